The third-order valence-corrected chi connectivity index (χ3v) is 4.62. The summed E-state index contributed by atoms with van der Waals surface area (Å²) in [6, 6.07) is 8.40. The van der Waals surface area contributed by atoms with E-state index in [1.165, 1.54) is 37.4 Å². The molecule has 1 amide bonds. The molecule has 0 aliphatic rings. The number of hydrogen-bond donors (Lipinski definition) is 1. The molecule has 0 saturated carbocycles. The number of hydrogen-bond acceptors (Lipinski definition) is 6. The van der Waals surface area contributed by atoms with Gasteiger partial charge < -0.3 is 10.1 Å². The quantitative estimate of drug-likeness (QED) is 0.628. The van der Waals surface area contributed by atoms with Gasteiger partial charge in [0.25, 0.3) is 5.91 Å². The van der Waals surface area contributed by atoms with Crippen LogP contribution in [0.1, 0.15) is 17.3 Å². The number of pyridine rings is 1. The number of halogens is 1. The lowest BCUT2D eigenvalue weighted by Gasteiger charge is -2.14. The molecule has 1 atom stereocenters. The summed E-state index contributed by atoms with van der Waals surface area (Å²) in [5.74, 6) is -1.32. The third-order valence-electron chi connectivity index (χ3n) is 3.19. The van der Waals surface area contributed by atoms with Gasteiger partial charge in [-0.15, -0.1) is 0 Å². The predicted molar refractivity (Wildman–Crippen MR) is 92.3 cm³/mol. The Kier molecular flexibility index (Phi) is 5.76. The van der Waals surface area contributed by atoms with Crippen molar-refractivity contribution in [2.45, 2.75) is 17.9 Å². The van der Waals surface area contributed by atoms with Crippen LogP contribution in [0.25, 0.3) is 0 Å². The molecule has 1 aromatic carbocycles. The van der Waals surface area contributed by atoms with Gasteiger partial charge in [-0.3, -0.25) is 4.79 Å². The number of benzene rings is 1. The topological polar surface area (TPSA) is 102 Å². The molecule has 0 radical (unpaired) electrons. The van der Waals surface area contributed by atoms with Crippen molar-refractivity contribution < 1.29 is 22.7 Å². The van der Waals surface area contributed by atoms with Gasteiger partial charge in [-0.05, 0) is 43.3 Å². The van der Waals surface area contributed by atoms with Gasteiger partial charge in [0.2, 0.25) is 0 Å². The Labute approximate surface area is 149 Å². The van der Waals surface area contributed by atoms with Gasteiger partial charge in [0.05, 0.1) is 16.1 Å². The number of sulfone groups is 1. The average Bonchev–Trinajstić information content (AvgIpc) is 2.56. The highest BCUT2D eigenvalue weighted by Crippen LogP contribution is 2.18. The average molecular weight is 383 g/mol. The molecule has 0 bridgehead atoms. The number of aromatic nitrogens is 1. The number of rotatable bonds is 5. The normalized spacial score (nSPS) is 12.3. The van der Waals surface area contributed by atoms with Gasteiger partial charge >= 0.3 is 5.97 Å². The van der Waals surface area contributed by atoms with E-state index in [4.69, 9.17) is 16.3 Å². The van der Waals surface area contributed by atoms with Crippen LogP contribution in [0.15, 0.2) is 47.5 Å². The fraction of sp³-hybridized carbons (Fsp3) is 0.188. The summed E-state index contributed by atoms with van der Waals surface area (Å²) in [7, 11) is -3.36. The summed E-state index contributed by atoms with van der Waals surface area (Å²) in [6.07, 6.45) is 1.45. The summed E-state index contributed by atoms with van der Waals surface area (Å²) < 4.78 is 27.9. The molecule has 2 rings (SSSR count). The Bertz CT molecular complexity index is 897. The summed E-state index contributed by atoms with van der Waals surface area (Å²) in [5, 5.41) is 2.62. The van der Waals surface area contributed by atoms with E-state index in [-0.39, 0.29) is 15.6 Å². The second-order valence-electron chi connectivity index (χ2n) is 5.18. The number of nitrogens with zero attached hydrogens (tertiary/aromatic N) is 1. The van der Waals surface area contributed by atoms with E-state index in [1.807, 2.05) is 0 Å². The van der Waals surface area contributed by atoms with Crippen LogP contribution in [0.4, 0.5) is 5.69 Å². The van der Waals surface area contributed by atoms with Crippen molar-refractivity contribution >= 4 is 39.0 Å². The zero-order valence-corrected chi connectivity index (χ0v) is 15.0. The van der Waals surface area contributed by atoms with Crippen molar-refractivity contribution in [2.24, 2.45) is 0 Å². The van der Waals surface area contributed by atoms with E-state index >= 15 is 0 Å². The fourth-order valence-electron chi connectivity index (χ4n) is 1.83. The van der Waals surface area contributed by atoms with E-state index in [2.05, 4.69) is 10.3 Å². The van der Waals surface area contributed by atoms with Crippen molar-refractivity contribution in [3.8, 4) is 0 Å². The second-order valence-corrected chi connectivity index (χ2v) is 7.55. The van der Waals surface area contributed by atoms with Gasteiger partial charge in [0.15, 0.2) is 21.1 Å². The molecule has 0 aliphatic heterocycles. The van der Waals surface area contributed by atoms with Crippen LogP contribution < -0.4 is 5.32 Å². The predicted octanol–water partition coefficient (Wildman–Crippen LogP) is 2.32. The minimum Gasteiger partial charge on any atom is -0.449 e. The summed E-state index contributed by atoms with van der Waals surface area (Å²) >= 11 is 5.84. The first kappa shape index (κ1) is 18.9. The lowest BCUT2D eigenvalue weighted by atomic mass is 10.2. The molecule has 2 aromatic rings. The van der Waals surface area contributed by atoms with Crippen LogP contribution in [0, 0.1) is 0 Å². The standard InChI is InChI=1S/C16H15ClN2O5S/c1-10(15(20)19-13-4-3-9-18-14(13)17)24-16(21)11-5-7-12(8-6-11)25(2,22)23/h3-10H,1-2H3,(H,19,20)/t10-/m0/s1. The lowest BCUT2D eigenvalue weighted by molar-refractivity contribution is -0.123. The van der Waals surface area contributed by atoms with Gasteiger partial charge in [0, 0.05) is 12.5 Å². The number of anilines is 1. The van der Waals surface area contributed by atoms with Gasteiger partial charge in [-0.1, -0.05) is 11.6 Å². The van der Waals surface area contributed by atoms with Crippen molar-refractivity contribution in [1.82, 2.24) is 4.98 Å². The fourth-order valence-corrected chi connectivity index (χ4v) is 2.63. The van der Waals surface area contributed by atoms with E-state index in [0.29, 0.717) is 5.69 Å². The number of amides is 1. The van der Waals surface area contributed by atoms with Gasteiger partial charge in [0.1, 0.15) is 0 Å². The molecule has 0 spiro atoms. The molecule has 0 aliphatic carbocycles. The largest absolute Gasteiger partial charge is 0.449 e. The molecule has 1 N–H and O–H groups in total. The highest BCUT2D eigenvalue weighted by Gasteiger charge is 2.20. The lowest BCUT2D eigenvalue weighted by Crippen LogP contribution is -2.30. The maximum atomic E-state index is 12.1. The van der Waals surface area contributed by atoms with E-state index < -0.39 is 27.8 Å². The first-order valence-corrected chi connectivity index (χ1v) is 9.38. The zero-order chi connectivity index (χ0) is 18.6. The molecule has 25 heavy (non-hydrogen) atoms. The minimum atomic E-state index is -3.36. The molecule has 0 unspecified atom stereocenters. The molecule has 132 valence electrons. The number of esters is 1. The van der Waals surface area contributed by atoms with E-state index in [0.717, 1.165) is 6.26 Å². The van der Waals surface area contributed by atoms with Crippen LogP contribution in [0.5, 0.6) is 0 Å². The highest BCUT2D eigenvalue weighted by atomic mass is 35.5. The highest BCUT2D eigenvalue weighted by molar-refractivity contribution is 7.90. The Morgan fingerprint density at radius 3 is 2.40 bits per heavy atom. The maximum Gasteiger partial charge on any atom is 0.338 e. The van der Waals surface area contributed by atoms with E-state index in [9.17, 15) is 18.0 Å². The SMILES string of the molecule is C[C@H](OC(=O)c1ccc(S(C)(=O)=O)cc1)C(=O)Nc1cccnc1Cl. The molecule has 1 heterocycles. The Morgan fingerprint density at radius 1 is 1.20 bits per heavy atom. The van der Waals surface area contributed by atoms with Crippen LogP contribution in [0.2, 0.25) is 5.15 Å². The Balaban J connectivity index is 2.02. The zero-order valence-electron chi connectivity index (χ0n) is 13.4. The molecule has 1 aromatic heterocycles. The van der Waals surface area contributed by atoms with E-state index in [1.54, 1.807) is 12.1 Å². The van der Waals surface area contributed by atoms with Gasteiger partial charge in [-0.2, -0.15) is 0 Å². The number of nitrogens with one attached hydrogen (secondary N) is 1. The van der Waals surface area contributed by atoms with Crippen LogP contribution in [-0.2, 0) is 19.4 Å². The molecule has 0 fully saturated rings. The molecule has 9 heteroatoms. The summed E-state index contributed by atoms with van der Waals surface area (Å²) in [6.45, 7) is 1.41. The molecule has 7 nitrogen and oxygen atoms in total. The first-order chi connectivity index (χ1) is 11.7. The second kappa shape index (κ2) is 7.62. The van der Waals surface area contributed by atoms with Crippen molar-refractivity contribution in [1.29, 1.82) is 0 Å². The van der Waals surface area contributed by atoms with Gasteiger partial charge in [-0.25, -0.2) is 18.2 Å². The number of carbonyl (C=O) groups is 2. The Morgan fingerprint density at radius 2 is 1.84 bits per heavy atom. The number of ether oxygens (including phenoxy) is 1. The number of carbonyl (C=O) groups excluding carboxylic acids is 2. The monoisotopic (exact) mass is 382 g/mol. The Hall–Kier alpha value is -2.45. The van der Waals surface area contributed by atoms with Crippen LogP contribution >= 0.6 is 11.6 Å². The minimum absolute atomic E-state index is 0.0843. The first-order valence-electron chi connectivity index (χ1n) is 7.11. The van der Waals surface area contributed by atoms with Crippen LogP contribution in [-0.4, -0.2) is 37.6 Å². The van der Waals surface area contributed by atoms with Crippen molar-refractivity contribution in [3.05, 3.63) is 53.3 Å². The summed E-state index contributed by atoms with van der Waals surface area (Å²) in [5.41, 5.74) is 0.432. The molecular formula is C16H15ClN2O5S. The smallest absolute Gasteiger partial charge is 0.338 e. The summed E-state index contributed by atoms with van der Waals surface area (Å²) in [4.78, 5) is 28.0. The van der Waals surface area contributed by atoms with Crippen LogP contribution in [0.3, 0.4) is 0 Å². The third kappa shape index (κ3) is 5.01. The van der Waals surface area contributed by atoms with Crippen molar-refractivity contribution in [2.75, 3.05) is 11.6 Å². The maximum absolute atomic E-state index is 12.1. The van der Waals surface area contributed by atoms with Crippen molar-refractivity contribution in [3.63, 3.8) is 0 Å². The molecular weight excluding hydrogens is 368 g/mol. The molecule has 0 saturated heterocycles.